The molecule has 0 radical (unpaired) electrons. The summed E-state index contributed by atoms with van der Waals surface area (Å²) in [4.78, 5) is 21.0. The monoisotopic (exact) mass is 376 g/mol. The second-order valence-corrected chi connectivity index (χ2v) is 7.54. The summed E-state index contributed by atoms with van der Waals surface area (Å²) in [5.41, 5.74) is 0.763. The molecular weight excluding hydrogens is 340 g/mol. The minimum absolute atomic E-state index is 0.316. The van der Waals surface area contributed by atoms with Crippen molar-refractivity contribution in [3.05, 3.63) is 36.0 Å². The average Bonchev–Trinajstić information content (AvgIpc) is 2.62. The van der Waals surface area contributed by atoms with E-state index >= 15 is 0 Å². The van der Waals surface area contributed by atoms with Crippen LogP contribution in [0.1, 0.15) is 89.9 Å². The maximum absolute atomic E-state index is 10.6. The lowest BCUT2D eigenvalue weighted by Crippen LogP contribution is -1.98. The fraction of sp³-hybridized carbons (Fsp3) is 0.652. The second kappa shape index (κ2) is 15.2. The van der Waals surface area contributed by atoms with E-state index in [1.165, 1.54) is 70.3 Å². The summed E-state index contributed by atoms with van der Waals surface area (Å²) >= 11 is 0. The van der Waals surface area contributed by atoms with Crippen LogP contribution in [-0.2, 0) is 9.59 Å². The third-order valence-electron chi connectivity index (χ3n) is 5.04. The van der Waals surface area contributed by atoms with Gasteiger partial charge in [0.25, 0.3) is 0 Å². The number of carbonyl (C=O) groups is 2. The molecule has 0 atom stereocenters. The van der Waals surface area contributed by atoms with Crippen molar-refractivity contribution in [1.29, 1.82) is 0 Å². The molecular formula is C23H36O4. The normalized spacial score (nSPS) is 15.9. The number of allylic oxidation sites excluding steroid dienone is 5. The highest BCUT2D eigenvalue weighted by Crippen LogP contribution is 2.20. The number of carboxylic acids is 2. The van der Waals surface area contributed by atoms with Gasteiger partial charge in [-0.3, -0.25) is 4.79 Å². The first kappa shape index (κ1) is 23.2. The molecule has 0 heterocycles. The van der Waals surface area contributed by atoms with Gasteiger partial charge in [-0.2, -0.15) is 0 Å². The molecule has 0 saturated heterocycles. The van der Waals surface area contributed by atoms with Crippen molar-refractivity contribution in [3.63, 3.8) is 0 Å². The SMILES string of the molecule is O=C(O)C=C1C=CC(CCCCCCCCCCCCCCC(=O)O)C=C1. The molecule has 0 bridgehead atoms. The van der Waals surface area contributed by atoms with Crippen LogP contribution >= 0.6 is 0 Å². The highest BCUT2D eigenvalue weighted by molar-refractivity contribution is 5.82. The van der Waals surface area contributed by atoms with Crippen LogP contribution in [0.4, 0.5) is 0 Å². The van der Waals surface area contributed by atoms with Crippen molar-refractivity contribution >= 4 is 11.9 Å². The van der Waals surface area contributed by atoms with Crippen LogP contribution in [0.25, 0.3) is 0 Å². The van der Waals surface area contributed by atoms with Crippen molar-refractivity contribution in [2.75, 3.05) is 0 Å². The van der Waals surface area contributed by atoms with Gasteiger partial charge in [-0.25, -0.2) is 4.79 Å². The topological polar surface area (TPSA) is 74.6 Å². The molecule has 1 aliphatic carbocycles. The zero-order valence-corrected chi connectivity index (χ0v) is 16.6. The number of hydrogen-bond donors (Lipinski definition) is 2. The Bertz CT molecular complexity index is 500. The molecule has 1 rings (SSSR count). The van der Waals surface area contributed by atoms with Gasteiger partial charge in [0, 0.05) is 12.5 Å². The first-order valence-electron chi connectivity index (χ1n) is 10.6. The maximum atomic E-state index is 10.6. The lowest BCUT2D eigenvalue weighted by atomic mass is 9.94. The van der Waals surface area contributed by atoms with E-state index in [1.54, 1.807) is 0 Å². The van der Waals surface area contributed by atoms with Crippen LogP contribution in [0.15, 0.2) is 36.0 Å². The minimum Gasteiger partial charge on any atom is -0.481 e. The van der Waals surface area contributed by atoms with Gasteiger partial charge in [0.15, 0.2) is 0 Å². The summed E-state index contributed by atoms with van der Waals surface area (Å²) in [7, 11) is 0. The quantitative estimate of drug-likeness (QED) is 0.245. The van der Waals surface area contributed by atoms with Gasteiger partial charge < -0.3 is 10.2 Å². The summed E-state index contributed by atoms with van der Waals surface area (Å²) < 4.78 is 0. The molecule has 0 saturated carbocycles. The number of aliphatic carboxylic acids is 2. The van der Waals surface area contributed by atoms with Crippen molar-refractivity contribution in [2.24, 2.45) is 5.92 Å². The maximum Gasteiger partial charge on any atom is 0.328 e. The zero-order valence-electron chi connectivity index (χ0n) is 16.6. The lowest BCUT2D eigenvalue weighted by molar-refractivity contribution is -0.137. The molecule has 0 unspecified atom stereocenters. The first-order chi connectivity index (χ1) is 13.1. The first-order valence-corrected chi connectivity index (χ1v) is 10.6. The molecule has 0 aliphatic heterocycles. The Kier molecular flexibility index (Phi) is 13.1. The van der Waals surface area contributed by atoms with Crippen LogP contribution in [0.2, 0.25) is 0 Å². The van der Waals surface area contributed by atoms with E-state index in [0.29, 0.717) is 12.3 Å². The van der Waals surface area contributed by atoms with E-state index in [4.69, 9.17) is 10.2 Å². The molecule has 0 aromatic rings. The molecule has 0 amide bonds. The van der Waals surface area contributed by atoms with E-state index in [2.05, 4.69) is 12.2 Å². The predicted octanol–water partition coefficient (Wildman–Crippen LogP) is 6.29. The smallest absolute Gasteiger partial charge is 0.328 e. The van der Waals surface area contributed by atoms with Crippen molar-refractivity contribution in [3.8, 4) is 0 Å². The van der Waals surface area contributed by atoms with Gasteiger partial charge in [-0.15, -0.1) is 0 Å². The standard InChI is InChI=1S/C23H36O4/c24-22(25)14-12-10-8-6-4-2-1-3-5-7-9-11-13-20-15-17-21(18-16-20)19-23(26)27/h15-20H,1-14H2,(H,24,25)(H,26,27). The molecule has 0 aromatic heterocycles. The molecule has 0 fully saturated rings. The van der Waals surface area contributed by atoms with Gasteiger partial charge in [0.05, 0.1) is 0 Å². The van der Waals surface area contributed by atoms with Gasteiger partial charge in [0.2, 0.25) is 0 Å². The van der Waals surface area contributed by atoms with E-state index in [1.807, 2.05) is 12.2 Å². The number of rotatable bonds is 16. The van der Waals surface area contributed by atoms with Crippen LogP contribution < -0.4 is 0 Å². The van der Waals surface area contributed by atoms with Crippen molar-refractivity contribution in [2.45, 2.75) is 89.9 Å². The van der Waals surface area contributed by atoms with Crippen molar-refractivity contribution in [1.82, 2.24) is 0 Å². The molecule has 4 heteroatoms. The molecule has 152 valence electrons. The van der Waals surface area contributed by atoms with Crippen LogP contribution in [0, 0.1) is 5.92 Å². The third-order valence-corrected chi connectivity index (χ3v) is 5.04. The van der Waals surface area contributed by atoms with Crippen molar-refractivity contribution < 1.29 is 19.8 Å². The molecule has 1 aliphatic rings. The summed E-state index contributed by atoms with van der Waals surface area (Å²) in [6.45, 7) is 0. The van der Waals surface area contributed by atoms with E-state index < -0.39 is 11.9 Å². The van der Waals surface area contributed by atoms with E-state index in [9.17, 15) is 9.59 Å². The number of carboxylic acid groups (broad SMARTS) is 2. The van der Waals surface area contributed by atoms with Gasteiger partial charge in [-0.1, -0.05) is 94.9 Å². The largest absolute Gasteiger partial charge is 0.481 e. The van der Waals surface area contributed by atoms with Gasteiger partial charge >= 0.3 is 11.9 Å². The summed E-state index contributed by atoms with van der Waals surface area (Å²) in [5.74, 6) is -1.12. The van der Waals surface area contributed by atoms with Crippen LogP contribution in [-0.4, -0.2) is 22.2 Å². The predicted molar refractivity (Wildman–Crippen MR) is 110 cm³/mol. The third kappa shape index (κ3) is 14.0. The molecule has 0 spiro atoms. The lowest BCUT2D eigenvalue weighted by Gasteiger charge is -2.11. The average molecular weight is 377 g/mol. The Morgan fingerprint density at radius 3 is 1.63 bits per heavy atom. The van der Waals surface area contributed by atoms with E-state index in [-0.39, 0.29) is 0 Å². The Hall–Kier alpha value is -1.84. The fourth-order valence-electron chi connectivity index (χ4n) is 3.44. The highest BCUT2D eigenvalue weighted by Gasteiger charge is 2.05. The summed E-state index contributed by atoms with van der Waals surface area (Å²) in [6.07, 6.45) is 25.4. The van der Waals surface area contributed by atoms with Gasteiger partial charge in [0.1, 0.15) is 0 Å². The number of hydrogen-bond acceptors (Lipinski definition) is 2. The Morgan fingerprint density at radius 1 is 0.741 bits per heavy atom. The molecule has 4 nitrogen and oxygen atoms in total. The van der Waals surface area contributed by atoms with E-state index in [0.717, 1.165) is 24.8 Å². The van der Waals surface area contributed by atoms with Gasteiger partial charge in [-0.05, 0) is 24.3 Å². The molecule has 27 heavy (non-hydrogen) atoms. The summed E-state index contributed by atoms with van der Waals surface area (Å²) in [5, 5.41) is 17.3. The second-order valence-electron chi connectivity index (χ2n) is 7.54. The zero-order chi connectivity index (χ0) is 19.7. The molecule has 0 aromatic carbocycles. The fourth-order valence-corrected chi connectivity index (χ4v) is 3.44. The number of unbranched alkanes of at least 4 members (excludes halogenated alkanes) is 11. The Labute approximate surface area is 164 Å². The van der Waals surface area contributed by atoms with Crippen LogP contribution in [0.3, 0.4) is 0 Å². The molecule has 2 N–H and O–H groups in total. The summed E-state index contributed by atoms with van der Waals surface area (Å²) in [6, 6.07) is 0. The highest BCUT2D eigenvalue weighted by atomic mass is 16.4. The minimum atomic E-state index is -0.895. The Morgan fingerprint density at radius 2 is 1.19 bits per heavy atom. The van der Waals surface area contributed by atoms with Crippen LogP contribution in [0.5, 0.6) is 0 Å². The Balaban J connectivity index is 1.84.